The maximum Gasteiger partial charge on any atom is 0.251 e. The Morgan fingerprint density at radius 1 is 1.22 bits per heavy atom. The van der Waals surface area contributed by atoms with Crippen LogP contribution in [0.4, 0.5) is 5.82 Å². The van der Waals surface area contributed by atoms with Crippen molar-refractivity contribution >= 4 is 17.4 Å². The molecule has 0 aliphatic carbocycles. The van der Waals surface area contributed by atoms with E-state index in [2.05, 4.69) is 20.3 Å². The second-order valence-corrected chi connectivity index (χ2v) is 5.59. The molecule has 0 aliphatic rings. The second-order valence-electron chi connectivity index (χ2n) is 5.15. The molecular weight excluding hydrogens is 312 g/mol. The van der Waals surface area contributed by atoms with Crippen molar-refractivity contribution < 1.29 is 0 Å². The summed E-state index contributed by atoms with van der Waals surface area (Å²) in [6.07, 6.45) is 1.68. The number of hydrogen-bond donors (Lipinski definition) is 2. The van der Waals surface area contributed by atoms with Gasteiger partial charge in [0.05, 0.1) is 0 Å². The fourth-order valence-electron chi connectivity index (χ4n) is 2.19. The van der Waals surface area contributed by atoms with Gasteiger partial charge in [-0.05, 0) is 36.8 Å². The predicted molar refractivity (Wildman–Crippen MR) is 91.6 cm³/mol. The average Bonchev–Trinajstić information content (AvgIpc) is 2.53. The molecule has 1 aromatic carbocycles. The van der Waals surface area contributed by atoms with Crippen molar-refractivity contribution in [2.45, 2.75) is 13.5 Å². The van der Waals surface area contributed by atoms with E-state index in [0.29, 0.717) is 23.1 Å². The molecule has 0 radical (unpaired) electrons. The summed E-state index contributed by atoms with van der Waals surface area (Å²) < 4.78 is 0. The maximum absolute atomic E-state index is 11.5. The number of aromatic nitrogens is 3. The Balaban J connectivity index is 1.73. The minimum absolute atomic E-state index is 0.171. The van der Waals surface area contributed by atoms with Gasteiger partial charge in [0.2, 0.25) is 0 Å². The Morgan fingerprint density at radius 3 is 2.78 bits per heavy atom. The van der Waals surface area contributed by atoms with Crippen LogP contribution in [-0.2, 0) is 6.54 Å². The number of rotatable bonds is 4. The van der Waals surface area contributed by atoms with E-state index in [0.717, 1.165) is 16.9 Å². The molecule has 3 aromatic rings. The topological polar surface area (TPSA) is 70.7 Å². The molecule has 23 heavy (non-hydrogen) atoms. The Kier molecular flexibility index (Phi) is 4.39. The zero-order valence-corrected chi connectivity index (χ0v) is 13.3. The van der Waals surface area contributed by atoms with Crippen molar-refractivity contribution in [2.24, 2.45) is 0 Å². The number of aromatic amines is 1. The summed E-state index contributed by atoms with van der Waals surface area (Å²) in [5.41, 5.74) is 2.34. The summed E-state index contributed by atoms with van der Waals surface area (Å²) in [6.45, 7) is 2.42. The van der Waals surface area contributed by atoms with Crippen LogP contribution in [0.15, 0.2) is 53.5 Å². The standard InChI is InChI=1S/C17H15ClN4O/c1-11-7-16(23)22-17(21-11)13-5-6-15(20-10-13)19-9-12-3-2-4-14(18)8-12/h2-8,10H,9H2,1H3,(H,19,20)(H,21,22,23). The highest BCUT2D eigenvalue weighted by molar-refractivity contribution is 6.30. The minimum Gasteiger partial charge on any atom is -0.366 e. The first-order valence-electron chi connectivity index (χ1n) is 7.13. The summed E-state index contributed by atoms with van der Waals surface area (Å²) in [6, 6.07) is 12.8. The van der Waals surface area contributed by atoms with E-state index >= 15 is 0 Å². The van der Waals surface area contributed by atoms with Gasteiger partial charge in [-0.15, -0.1) is 0 Å². The Labute approximate surface area is 138 Å². The number of hydrogen-bond acceptors (Lipinski definition) is 4. The number of nitrogens with zero attached hydrogens (tertiary/aromatic N) is 2. The van der Waals surface area contributed by atoms with Crippen molar-refractivity contribution in [3.63, 3.8) is 0 Å². The Bertz CT molecular complexity index is 874. The van der Waals surface area contributed by atoms with Gasteiger partial charge >= 0.3 is 0 Å². The number of anilines is 1. The third kappa shape index (κ3) is 3.96. The molecule has 2 heterocycles. The van der Waals surface area contributed by atoms with Crippen LogP contribution in [0, 0.1) is 6.92 Å². The summed E-state index contributed by atoms with van der Waals surface area (Å²) in [4.78, 5) is 22.9. The van der Waals surface area contributed by atoms with E-state index in [4.69, 9.17) is 11.6 Å². The number of H-pyrrole nitrogens is 1. The normalized spacial score (nSPS) is 10.5. The highest BCUT2D eigenvalue weighted by atomic mass is 35.5. The van der Waals surface area contributed by atoms with E-state index in [-0.39, 0.29) is 5.56 Å². The van der Waals surface area contributed by atoms with Gasteiger partial charge in [0.25, 0.3) is 5.56 Å². The van der Waals surface area contributed by atoms with Crippen LogP contribution < -0.4 is 10.9 Å². The Hall–Kier alpha value is -2.66. The number of aryl methyl sites for hydroxylation is 1. The molecule has 0 bridgehead atoms. The van der Waals surface area contributed by atoms with Gasteiger partial charge in [0, 0.05) is 35.1 Å². The Morgan fingerprint density at radius 2 is 2.09 bits per heavy atom. The smallest absolute Gasteiger partial charge is 0.251 e. The van der Waals surface area contributed by atoms with E-state index < -0.39 is 0 Å². The van der Waals surface area contributed by atoms with Crippen molar-refractivity contribution in [3.05, 3.63) is 75.3 Å². The maximum atomic E-state index is 11.5. The third-order valence-corrected chi connectivity index (χ3v) is 3.50. The molecule has 3 rings (SSSR count). The molecule has 0 atom stereocenters. The first-order valence-corrected chi connectivity index (χ1v) is 7.51. The SMILES string of the molecule is Cc1cc(=O)[nH]c(-c2ccc(NCc3cccc(Cl)c3)nc2)n1. The molecule has 0 amide bonds. The lowest BCUT2D eigenvalue weighted by atomic mass is 10.2. The number of benzene rings is 1. The first kappa shape index (κ1) is 15.2. The fraction of sp³-hybridized carbons (Fsp3) is 0.118. The van der Waals surface area contributed by atoms with Gasteiger partial charge in [-0.3, -0.25) is 4.79 Å². The lowest BCUT2D eigenvalue weighted by Gasteiger charge is -2.07. The molecule has 0 spiro atoms. The van der Waals surface area contributed by atoms with Crippen LogP contribution in [0.25, 0.3) is 11.4 Å². The molecular formula is C17H15ClN4O. The quantitative estimate of drug-likeness (QED) is 0.770. The molecule has 0 fully saturated rings. The minimum atomic E-state index is -0.171. The molecule has 6 heteroatoms. The van der Waals surface area contributed by atoms with Crippen molar-refractivity contribution in [3.8, 4) is 11.4 Å². The van der Waals surface area contributed by atoms with E-state index in [1.54, 1.807) is 13.1 Å². The van der Waals surface area contributed by atoms with E-state index in [9.17, 15) is 4.79 Å². The molecule has 116 valence electrons. The van der Waals surface area contributed by atoms with Crippen molar-refractivity contribution in [2.75, 3.05) is 5.32 Å². The first-order chi connectivity index (χ1) is 11.1. The molecule has 5 nitrogen and oxygen atoms in total. The molecule has 0 saturated heterocycles. The van der Waals surface area contributed by atoms with Gasteiger partial charge in [0.15, 0.2) is 0 Å². The van der Waals surface area contributed by atoms with Crippen molar-refractivity contribution in [1.29, 1.82) is 0 Å². The van der Waals surface area contributed by atoms with Crippen LogP contribution in [0.1, 0.15) is 11.3 Å². The van der Waals surface area contributed by atoms with Crippen LogP contribution in [0.2, 0.25) is 5.02 Å². The lowest BCUT2D eigenvalue weighted by Crippen LogP contribution is -2.08. The van der Waals surface area contributed by atoms with Crippen LogP contribution in [-0.4, -0.2) is 15.0 Å². The van der Waals surface area contributed by atoms with Gasteiger partial charge < -0.3 is 10.3 Å². The lowest BCUT2D eigenvalue weighted by molar-refractivity contribution is 1.06. The summed E-state index contributed by atoms with van der Waals surface area (Å²) in [5, 5.41) is 3.94. The monoisotopic (exact) mass is 326 g/mol. The number of nitrogens with one attached hydrogen (secondary N) is 2. The zero-order chi connectivity index (χ0) is 16.2. The highest BCUT2D eigenvalue weighted by Crippen LogP contribution is 2.16. The third-order valence-electron chi connectivity index (χ3n) is 3.27. The molecule has 0 unspecified atom stereocenters. The van der Waals surface area contributed by atoms with E-state index in [1.165, 1.54) is 6.07 Å². The zero-order valence-electron chi connectivity index (χ0n) is 12.5. The van der Waals surface area contributed by atoms with Gasteiger partial charge in [0.1, 0.15) is 11.6 Å². The van der Waals surface area contributed by atoms with Gasteiger partial charge in [-0.2, -0.15) is 0 Å². The largest absolute Gasteiger partial charge is 0.366 e. The van der Waals surface area contributed by atoms with Crippen LogP contribution in [0.5, 0.6) is 0 Å². The highest BCUT2D eigenvalue weighted by Gasteiger charge is 2.03. The van der Waals surface area contributed by atoms with Gasteiger partial charge in [-0.1, -0.05) is 23.7 Å². The molecule has 2 aromatic heterocycles. The van der Waals surface area contributed by atoms with Crippen LogP contribution in [0.3, 0.4) is 0 Å². The summed E-state index contributed by atoms with van der Waals surface area (Å²) in [5.74, 6) is 1.26. The molecule has 0 aliphatic heterocycles. The summed E-state index contributed by atoms with van der Waals surface area (Å²) in [7, 11) is 0. The van der Waals surface area contributed by atoms with Crippen LogP contribution >= 0.6 is 11.6 Å². The average molecular weight is 327 g/mol. The fourth-order valence-corrected chi connectivity index (χ4v) is 2.41. The molecule has 2 N–H and O–H groups in total. The summed E-state index contributed by atoms with van der Waals surface area (Å²) >= 11 is 5.96. The van der Waals surface area contributed by atoms with Gasteiger partial charge in [-0.25, -0.2) is 9.97 Å². The van der Waals surface area contributed by atoms with E-state index in [1.807, 2.05) is 36.4 Å². The predicted octanol–water partition coefficient (Wildman–Crippen LogP) is 3.41. The second kappa shape index (κ2) is 6.62. The molecule has 0 saturated carbocycles. The van der Waals surface area contributed by atoms with Crippen molar-refractivity contribution in [1.82, 2.24) is 15.0 Å². The number of halogens is 1. The number of pyridine rings is 1.